The highest BCUT2D eigenvalue weighted by Crippen LogP contribution is 2.29. The standard InChI is InChI=1S/C11H13NO2S2/c1-16(13,14)7-10(12)9-6-15-11-5-3-2-4-8(9)11/h2-6,10H,7,12H2,1H3. The molecular weight excluding hydrogens is 242 g/mol. The molecule has 0 bridgehead atoms. The molecule has 1 aromatic carbocycles. The first kappa shape index (κ1) is 11.6. The van der Waals surface area contributed by atoms with Gasteiger partial charge in [0.15, 0.2) is 0 Å². The third-order valence-electron chi connectivity index (χ3n) is 2.39. The van der Waals surface area contributed by atoms with E-state index in [4.69, 9.17) is 5.73 Å². The summed E-state index contributed by atoms with van der Waals surface area (Å²) in [6, 6.07) is 7.45. The Morgan fingerprint density at radius 3 is 2.75 bits per heavy atom. The highest BCUT2D eigenvalue weighted by molar-refractivity contribution is 7.90. The molecule has 0 aliphatic rings. The molecule has 0 saturated carbocycles. The van der Waals surface area contributed by atoms with Gasteiger partial charge in [0.1, 0.15) is 9.84 Å². The quantitative estimate of drug-likeness (QED) is 0.912. The van der Waals surface area contributed by atoms with E-state index in [1.54, 1.807) is 11.3 Å². The number of sulfone groups is 1. The second kappa shape index (κ2) is 4.16. The van der Waals surface area contributed by atoms with E-state index in [9.17, 15) is 8.42 Å². The summed E-state index contributed by atoms with van der Waals surface area (Å²) >= 11 is 1.59. The van der Waals surface area contributed by atoms with Crippen LogP contribution in [0.25, 0.3) is 10.1 Å². The third-order valence-corrected chi connectivity index (χ3v) is 4.34. The first-order valence-corrected chi connectivity index (χ1v) is 7.81. The number of fused-ring (bicyclic) bond motifs is 1. The van der Waals surface area contributed by atoms with Gasteiger partial charge in [-0.1, -0.05) is 18.2 Å². The zero-order chi connectivity index (χ0) is 11.8. The van der Waals surface area contributed by atoms with E-state index in [2.05, 4.69) is 0 Å². The Labute approximate surface area is 98.8 Å². The molecule has 2 N–H and O–H groups in total. The van der Waals surface area contributed by atoms with Gasteiger partial charge in [-0.15, -0.1) is 11.3 Å². The maximum absolute atomic E-state index is 11.2. The van der Waals surface area contributed by atoms with E-state index < -0.39 is 15.9 Å². The van der Waals surface area contributed by atoms with Crippen molar-refractivity contribution < 1.29 is 8.42 Å². The van der Waals surface area contributed by atoms with Gasteiger partial charge in [-0.3, -0.25) is 0 Å². The van der Waals surface area contributed by atoms with Crippen LogP contribution in [0.3, 0.4) is 0 Å². The normalized spacial score (nSPS) is 14.1. The van der Waals surface area contributed by atoms with Crippen LogP contribution in [0.4, 0.5) is 0 Å². The van der Waals surface area contributed by atoms with Gasteiger partial charge in [0.05, 0.1) is 5.75 Å². The fraction of sp³-hybridized carbons (Fsp3) is 0.273. The van der Waals surface area contributed by atoms with Gasteiger partial charge in [0, 0.05) is 17.0 Å². The Balaban J connectivity index is 2.40. The van der Waals surface area contributed by atoms with Gasteiger partial charge in [0.25, 0.3) is 0 Å². The van der Waals surface area contributed by atoms with Crippen molar-refractivity contribution in [2.24, 2.45) is 5.73 Å². The maximum atomic E-state index is 11.2. The fourth-order valence-electron chi connectivity index (χ4n) is 1.70. The van der Waals surface area contributed by atoms with Crippen LogP contribution in [-0.4, -0.2) is 20.4 Å². The van der Waals surface area contributed by atoms with Gasteiger partial charge in [-0.05, 0) is 22.4 Å². The fourth-order valence-corrected chi connectivity index (χ4v) is 3.56. The van der Waals surface area contributed by atoms with Crippen LogP contribution in [0.5, 0.6) is 0 Å². The van der Waals surface area contributed by atoms with E-state index in [-0.39, 0.29) is 5.75 Å². The highest BCUT2D eigenvalue weighted by Gasteiger charge is 2.16. The smallest absolute Gasteiger partial charge is 0.149 e. The van der Waals surface area contributed by atoms with Crippen molar-refractivity contribution in [3.8, 4) is 0 Å². The van der Waals surface area contributed by atoms with Crippen LogP contribution in [0.15, 0.2) is 29.6 Å². The molecule has 2 rings (SSSR count). The molecule has 2 aromatic rings. The maximum Gasteiger partial charge on any atom is 0.149 e. The van der Waals surface area contributed by atoms with Gasteiger partial charge in [-0.25, -0.2) is 8.42 Å². The topological polar surface area (TPSA) is 60.2 Å². The Kier molecular flexibility index (Phi) is 3.01. The van der Waals surface area contributed by atoms with E-state index in [1.807, 2.05) is 29.6 Å². The molecule has 0 aliphatic heterocycles. The van der Waals surface area contributed by atoms with Crippen molar-refractivity contribution in [3.63, 3.8) is 0 Å². The average Bonchev–Trinajstić information content (AvgIpc) is 2.58. The predicted molar refractivity (Wildman–Crippen MR) is 68.5 cm³/mol. The summed E-state index contributed by atoms with van der Waals surface area (Å²) in [7, 11) is -3.04. The molecule has 1 atom stereocenters. The summed E-state index contributed by atoms with van der Waals surface area (Å²) < 4.78 is 23.5. The summed E-state index contributed by atoms with van der Waals surface area (Å²) in [5.74, 6) is -0.00622. The van der Waals surface area contributed by atoms with Crippen molar-refractivity contribution in [3.05, 3.63) is 35.2 Å². The molecule has 86 valence electrons. The summed E-state index contributed by atoms with van der Waals surface area (Å²) in [5.41, 5.74) is 6.84. The van der Waals surface area contributed by atoms with Gasteiger partial charge >= 0.3 is 0 Å². The van der Waals surface area contributed by atoms with E-state index in [0.29, 0.717) is 0 Å². The molecule has 0 aliphatic carbocycles. The van der Waals surface area contributed by atoms with E-state index in [1.165, 1.54) is 6.26 Å². The number of hydrogen-bond donors (Lipinski definition) is 1. The van der Waals surface area contributed by atoms with Crippen molar-refractivity contribution in [2.75, 3.05) is 12.0 Å². The van der Waals surface area contributed by atoms with Crippen LogP contribution in [0.2, 0.25) is 0 Å². The van der Waals surface area contributed by atoms with Crippen LogP contribution in [0.1, 0.15) is 11.6 Å². The van der Waals surface area contributed by atoms with Crippen LogP contribution in [0, 0.1) is 0 Å². The molecule has 0 fully saturated rings. The molecule has 1 heterocycles. The predicted octanol–water partition coefficient (Wildman–Crippen LogP) is 1.95. The molecule has 3 nitrogen and oxygen atoms in total. The van der Waals surface area contributed by atoms with E-state index >= 15 is 0 Å². The first-order chi connectivity index (χ1) is 7.47. The SMILES string of the molecule is CS(=O)(=O)CC(N)c1csc2ccccc12. The third kappa shape index (κ3) is 2.42. The van der Waals surface area contributed by atoms with Crippen molar-refractivity contribution >= 4 is 31.3 Å². The van der Waals surface area contributed by atoms with Gasteiger partial charge in [-0.2, -0.15) is 0 Å². The zero-order valence-electron chi connectivity index (χ0n) is 8.88. The first-order valence-electron chi connectivity index (χ1n) is 4.87. The molecule has 1 aromatic heterocycles. The minimum absolute atomic E-state index is 0.00622. The minimum atomic E-state index is -3.04. The summed E-state index contributed by atoms with van der Waals surface area (Å²) in [4.78, 5) is 0. The van der Waals surface area contributed by atoms with Crippen molar-refractivity contribution in [1.82, 2.24) is 0 Å². The van der Waals surface area contributed by atoms with Crippen LogP contribution in [-0.2, 0) is 9.84 Å². The summed E-state index contributed by atoms with van der Waals surface area (Å²) in [5, 5.41) is 3.00. The minimum Gasteiger partial charge on any atom is -0.323 e. The van der Waals surface area contributed by atoms with Crippen LogP contribution >= 0.6 is 11.3 Å². The Morgan fingerprint density at radius 2 is 2.06 bits per heavy atom. The Hall–Kier alpha value is -0.910. The lowest BCUT2D eigenvalue weighted by molar-refractivity contribution is 0.595. The highest BCUT2D eigenvalue weighted by atomic mass is 32.2. The second-order valence-corrected chi connectivity index (χ2v) is 6.98. The number of benzene rings is 1. The molecule has 5 heteroatoms. The molecule has 16 heavy (non-hydrogen) atoms. The Morgan fingerprint density at radius 1 is 1.38 bits per heavy atom. The molecule has 0 radical (unpaired) electrons. The number of nitrogens with two attached hydrogens (primary N) is 1. The van der Waals surface area contributed by atoms with E-state index in [0.717, 1.165) is 15.6 Å². The van der Waals surface area contributed by atoms with Crippen molar-refractivity contribution in [2.45, 2.75) is 6.04 Å². The summed E-state index contributed by atoms with van der Waals surface area (Å²) in [6.07, 6.45) is 1.21. The Bertz CT molecular complexity index is 601. The molecule has 1 unspecified atom stereocenters. The zero-order valence-corrected chi connectivity index (χ0v) is 10.5. The number of hydrogen-bond acceptors (Lipinski definition) is 4. The lowest BCUT2D eigenvalue weighted by Gasteiger charge is -2.09. The lowest BCUT2D eigenvalue weighted by atomic mass is 10.1. The summed E-state index contributed by atoms with van der Waals surface area (Å²) in [6.45, 7) is 0. The van der Waals surface area contributed by atoms with Gasteiger partial charge in [0.2, 0.25) is 0 Å². The monoisotopic (exact) mass is 255 g/mol. The molecule has 0 saturated heterocycles. The van der Waals surface area contributed by atoms with Gasteiger partial charge < -0.3 is 5.73 Å². The average molecular weight is 255 g/mol. The number of rotatable bonds is 3. The largest absolute Gasteiger partial charge is 0.323 e. The molecular formula is C11H13NO2S2. The molecule has 0 amide bonds. The van der Waals surface area contributed by atoms with Crippen LogP contribution < -0.4 is 5.73 Å². The van der Waals surface area contributed by atoms with Crippen molar-refractivity contribution in [1.29, 1.82) is 0 Å². The second-order valence-electron chi connectivity index (χ2n) is 3.89. The number of thiophene rings is 1. The molecule has 0 spiro atoms. The lowest BCUT2D eigenvalue weighted by Crippen LogP contribution is -2.20.